The van der Waals surface area contributed by atoms with Crippen molar-refractivity contribution in [3.05, 3.63) is 23.8 Å². The first-order valence-corrected chi connectivity index (χ1v) is 8.94. The Labute approximate surface area is 136 Å². The van der Waals surface area contributed by atoms with E-state index in [1.54, 1.807) is 11.6 Å². The van der Waals surface area contributed by atoms with Gasteiger partial charge >= 0.3 is 0 Å². The van der Waals surface area contributed by atoms with E-state index in [4.69, 9.17) is 0 Å². The Bertz CT molecular complexity index is 447. The summed E-state index contributed by atoms with van der Waals surface area (Å²) < 4.78 is 0. The van der Waals surface area contributed by atoms with Crippen molar-refractivity contribution < 1.29 is 10.2 Å². The molecular formula is C20H34O2. The van der Waals surface area contributed by atoms with Crippen LogP contribution in [0, 0.1) is 17.3 Å². The van der Waals surface area contributed by atoms with E-state index in [1.165, 1.54) is 24.8 Å². The van der Waals surface area contributed by atoms with E-state index >= 15 is 0 Å². The van der Waals surface area contributed by atoms with Gasteiger partial charge in [0, 0.05) is 0 Å². The van der Waals surface area contributed by atoms with E-state index in [-0.39, 0.29) is 11.5 Å². The molecule has 2 N–H and O–H groups in total. The van der Waals surface area contributed by atoms with Crippen molar-refractivity contribution in [1.29, 1.82) is 0 Å². The van der Waals surface area contributed by atoms with Gasteiger partial charge in [-0.3, -0.25) is 0 Å². The quantitative estimate of drug-likeness (QED) is 0.728. The number of aliphatic hydroxyl groups is 2. The fraction of sp³-hybridized carbons (Fsp3) is 0.800. The summed E-state index contributed by atoms with van der Waals surface area (Å²) in [4.78, 5) is 0. The van der Waals surface area contributed by atoms with Crippen LogP contribution < -0.4 is 0 Å². The Morgan fingerprint density at radius 3 is 2.73 bits per heavy atom. The largest absolute Gasteiger partial charge is 0.393 e. The van der Waals surface area contributed by atoms with Crippen molar-refractivity contribution in [3.63, 3.8) is 0 Å². The third-order valence-electron chi connectivity index (χ3n) is 6.54. The van der Waals surface area contributed by atoms with Gasteiger partial charge in [-0.25, -0.2) is 0 Å². The van der Waals surface area contributed by atoms with Gasteiger partial charge in [-0.1, -0.05) is 30.6 Å². The molecule has 0 aromatic heterocycles. The topological polar surface area (TPSA) is 40.5 Å². The predicted molar refractivity (Wildman–Crippen MR) is 92.6 cm³/mol. The van der Waals surface area contributed by atoms with Crippen LogP contribution in [0.5, 0.6) is 0 Å². The Morgan fingerprint density at radius 1 is 1.45 bits per heavy atom. The maximum absolute atomic E-state index is 10.3. The van der Waals surface area contributed by atoms with E-state index in [1.807, 2.05) is 13.8 Å². The average Bonchev–Trinajstić information content (AvgIpc) is 2.45. The van der Waals surface area contributed by atoms with Crippen molar-refractivity contribution >= 4 is 0 Å². The Morgan fingerprint density at radius 2 is 2.14 bits per heavy atom. The Balaban J connectivity index is 2.25. The smallest absolute Gasteiger partial charge is 0.0800 e. The highest BCUT2D eigenvalue weighted by Gasteiger charge is 2.47. The van der Waals surface area contributed by atoms with Crippen molar-refractivity contribution in [2.45, 2.75) is 84.3 Å². The number of hydrogen-bond donors (Lipinski definition) is 2. The second-order valence-electron chi connectivity index (χ2n) is 8.18. The van der Waals surface area contributed by atoms with Crippen LogP contribution in [0.15, 0.2) is 23.8 Å². The highest BCUT2D eigenvalue weighted by atomic mass is 16.3. The fourth-order valence-corrected chi connectivity index (χ4v) is 5.04. The lowest BCUT2D eigenvalue weighted by molar-refractivity contribution is -0.00852. The number of allylic oxidation sites excluding steroid dienone is 2. The molecule has 0 saturated heterocycles. The summed E-state index contributed by atoms with van der Waals surface area (Å²) in [7, 11) is 0. The van der Waals surface area contributed by atoms with Gasteiger partial charge in [-0.05, 0) is 76.5 Å². The first kappa shape index (κ1) is 17.7. The lowest BCUT2D eigenvalue weighted by Gasteiger charge is -2.52. The van der Waals surface area contributed by atoms with E-state index in [9.17, 15) is 10.2 Å². The normalized spacial score (nSPS) is 36.5. The Kier molecular flexibility index (Phi) is 5.23. The molecule has 2 heteroatoms. The van der Waals surface area contributed by atoms with Gasteiger partial charge in [0.15, 0.2) is 0 Å². The van der Waals surface area contributed by atoms with Crippen LogP contribution in [0.4, 0.5) is 0 Å². The second kappa shape index (κ2) is 6.49. The minimum atomic E-state index is -0.783. The fourth-order valence-electron chi connectivity index (χ4n) is 5.04. The molecule has 0 spiro atoms. The highest BCUT2D eigenvalue weighted by Crippen LogP contribution is 2.56. The summed E-state index contributed by atoms with van der Waals surface area (Å²) in [5, 5.41) is 20.5. The molecule has 2 rings (SSSR count). The van der Waals surface area contributed by atoms with Crippen LogP contribution in [0.25, 0.3) is 0 Å². The van der Waals surface area contributed by atoms with E-state index in [0.717, 1.165) is 25.7 Å². The van der Waals surface area contributed by atoms with Gasteiger partial charge < -0.3 is 10.2 Å². The number of aliphatic hydroxyl groups excluding tert-OH is 1. The second-order valence-corrected chi connectivity index (χ2v) is 8.18. The zero-order valence-corrected chi connectivity index (χ0v) is 14.9. The van der Waals surface area contributed by atoms with Crippen LogP contribution in [-0.4, -0.2) is 21.9 Å². The van der Waals surface area contributed by atoms with Crippen LogP contribution in [0.3, 0.4) is 0 Å². The van der Waals surface area contributed by atoms with Crippen molar-refractivity contribution in [2.75, 3.05) is 0 Å². The van der Waals surface area contributed by atoms with Gasteiger partial charge in [0.05, 0.1) is 11.7 Å². The highest BCUT2D eigenvalue weighted by molar-refractivity contribution is 5.27. The van der Waals surface area contributed by atoms with Crippen LogP contribution in [-0.2, 0) is 0 Å². The molecule has 2 aliphatic carbocycles. The van der Waals surface area contributed by atoms with Gasteiger partial charge in [0.1, 0.15) is 0 Å². The minimum Gasteiger partial charge on any atom is -0.393 e. The lowest BCUT2D eigenvalue weighted by atomic mass is 9.53. The summed E-state index contributed by atoms with van der Waals surface area (Å²) >= 11 is 0. The summed E-state index contributed by atoms with van der Waals surface area (Å²) in [6.07, 6.45) is 9.09. The molecule has 2 aliphatic rings. The zero-order chi connectivity index (χ0) is 16.5. The molecule has 5 unspecified atom stereocenters. The molecule has 0 heterocycles. The average molecular weight is 306 g/mol. The monoisotopic (exact) mass is 306 g/mol. The first-order chi connectivity index (χ1) is 10.2. The molecule has 0 aromatic carbocycles. The molecule has 0 amide bonds. The number of fused-ring (bicyclic) bond motifs is 1. The predicted octanol–water partition coefficient (Wildman–Crippen LogP) is 4.62. The summed E-state index contributed by atoms with van der Waals surface area (Å²) in [5.41, 5.74) is 2.50. The molecule has 0 bridgehead atoms. The standard InChI is InChI=1S/C20H34O2/c1-6-19(4,22)13-11-17-14(2)9-10-18-16(15(3)21)8-7-12-20(17,18)5/h6,15-16,18,21-22H,1,7-13H2,2-5H3. The molecule has 2 nitrogen and oxygen atoms in total. The van der Waals surface area contributed by atoms with Crippen molar-refractivity contribution in [2.24, 2.45) is 17.3 Å². The molecule has 0 aromatic rings. The molecule has 1 saturated carbocycles. The maximum atomic E-state index is 10.3. The summed E-state index contributed by atoms with van der Waals surface area (Å²) in [6, 6.07) is 0. The van der Waals surface area contributed by atoms with Gasteiger partial charge in [0.25, 0.3) is 0 Å². The van der Waals surface area contributed by atoms with Gasteiger partial charge in [0.2, 0.25) is 0 Å². The third-order valence-corrected chi connectivity index (χ3v) is 6.54. The summed E-state index contributed by atoms with van der Waals surface area (Å²) in [5.74, 6) is 1.02. The van der Waals surface area contributed by atoms with E-state index in [0.29, 0.717) is 11.8 Å². The maximum Gasteiger partial charge on any atom is 0.0800 e. The SMILES string of the molecule is C=CC(C)(O)CCC1=C(C)CCC2C(C(C)O)CCCC12C. The first-order valence-electron chi connectivity index (χ1n) is 8.94. The lowest BCUT2D eigenvalue weighted by Crippen LogP contribution is -2.44. The molecule has 22 heavy (non-hydrogen) atoms. The number of hydrogen-bond acceptors (Lipinski definition) is 2. The van der Waals surface area contributed by atoms with Crippen molar-refractivity contribution in [3.8, 4) is 0 Å². The third kappa shape index (κ3) is 3.33. The van der Waals surface area contributed by atoms with Crippen LogP contribution >= 0.6 is 0 Å². The molecule has 5 atom stereocenters. The minimum absolute atomic E-state index is 0.208. The van der Waals surface area contributed by atoms with Gasteiger partial charge in [-0.15, -0.1) is 6.58 Å². The van der Waals surface area contributed by atoms with Crippen LogP contribution in [0.1, 0.15) is 72.6 Å². The van der Waals surface area contributed by atoms with Crippen LogP contribution in [0.2, 0.25) is 0 Å². The molecule has 0 radical (unpaired) electrons. The molecule has 1 fully saturated rings. The summed E-state index contributed by atoms with van der Waals surface area (Å²) in [6.45, 7) is 12.2. The van der Waals surface area contributed by atoms with E-state index in [2.05, 4.69) is 20.4 Å². The molecular weight excluding hydrogens is 272 g/mol. The zero-order valence-electron chi connectivity index (χ0n) is 14.9. The van der Waals surface area contributed by atoms with E-state index < -0.39 is 5.60 Å². The molecule has 0 aliphatic heterocycles. The van der Waals surface area contributed by atoms with Crippen molar-refractivity contribution in [1.82, 2.24) is 0 Å². The van der Waals surface area contributed by atoms with Gasteiger partial charge in [-0.2, -0.15) is 0 Å². The molecule has 126 valence electrons. The Hall–Kier alpha value is -0.600. The number of rotatable bonds is 5.